The first kappa shape index (κ1) is 15.2. The van der Waals surface area contributed by atoms with E-state index >= 15 is 0 Å². The molecular formula is C19H22N2O3. The number of rotatable bonds is 2. The lowest BCUT2D eigenvalue weighted by Gasteiger charge is -2.47. The molecule has 1 aromatic carbocycles. The Balaban J connectivity index is 2.03. The first-order chi connectivity index (χ1) is 11.4. The average molecular weight is 326 g/mol. The van der Waals surface area contributed by atoms with Crippen LogP contribution in [0.2, 0.25) is 0 Å². The standard InChI is InChI=1S/C19H22N2O3/c1-18(2)10-19-14(9-13(22)15(23-3)17(19)24-4)20-12-8-6-5-7-11(12)16(19)21-18/h5-8,14,20H,9-10H2,1-4H3/t14-,19+/m0/s1. The molecule has 0 bridgehead atoms. The van der Waals surface area contributed by atoms with E-state index in [-0.39, 0.29) is 17.4 Å². The highest BCUT2D eigenvalue weighted by atomic mass is 16.5. The molecule has 5 heteroatoms. The maximum Gasteiger partial charge on any atom is 0.203 e. The minimum absolute atomic E-state index is 0.0269. The smallest absolute Gasteiger partial charge is 0.203 e. The van der Waals surface area contributed by atoms with E-state index in [0.717, 1.165) is 23.4 Å². The number of hydrogen-bond acceptors (Lipinski definition) is 5. The number of nitrogens with zero attached hydrogens (tertiary/aromatic N) is 1. The molecule has 126 valence electrons. The first-order valence-corrected chi connectivity index (χ1v) is 8.25. The quantitative estimate of drug-likeness (QED) is 0.908. The van der Waals surface area contributed by atoms with E-state index in [1.165, 1.54) is 7.11 Å². The van der Waals surface area contributed by atoms with Gasteiger partial charge in [0.05, 0.1) is 36.9 Å². The molecule has 1 N–H and O–H groups in total. The lowest BCUT2D eigenvalue weighted by molar-refractivity contribution is -0.121. The predicted molar refractivity (Wildman–Crippen MR) is 92.2 cm³/mol. The lowest BCUT2D eigenvalue weighted by Crippen LogP contribution is -2.55. The Morgan fingerprint density at radius 2 is 1.96 bits per heavy atom. The van der Waals surface area contributed by atoms with E-state index in [2.05, 4.69) is 25.2 Å². The van der Waals surface area contributed by atoms with Crippen LogP contribution in [0.25, 0.3) is 0 Å². The average Bonchev–Trinajstić information content (AvgIpc) is 2.84. The Morgan fingerprint density at radius 1 is 1.21 bits per heavy atom. The van der Waals surface area contributed by atoms with Gasteiger partial charge in [-0.1, -0.05) is 18.2 Å². The minimum Gasteiger partial charge on any atom is -0.496 e. The minimum atomic E-state index is -0.466. The van der Waals surface area contributed by atoms with Crippen LogP contribution >= 0.6 is 0 Å². The molecule has 2 aliphatic heterocycles. The van der Waals surface area contributed by atoms with E-state index in [1.54, 1.807) is 7.11 Å². The van der Waals surface area contributed by atoms with Gasteiger partial charge in [-0.3, -0.25) is 9.79 Å². The summed E-state index contributed by atoms with van der Waals surface area (Å²) < 4.78 is 11.2. The van der Waals surface area contributed by atoms with Gasteiger partial charge in [-0.2, -0.15) is 0 Å². The van der Waals surface area contributed by atoms with Crippen LogP contribution in [0, 0.1) is 5.41 Å². The van der Waals surface area contributed by atoms with E-state index in [9.17, 15) is 4.79 Å². The number of aliphatic imine (C=N–C) groups is 1. The fraction of sp³-hybridized carbons (Fsp3) is 0.474. The molecule has 1 aromatic rings. The molecule has 0 saturated heterocycles. The topological polar surface area (TPSA) is 59.9 Å². The van der Waals surface area contributed by atoms with Crippen molar-refractivity contribution >= 4 is 17.2 Å². The van der Waals surface area contributed by atoms with Gasteiger partial charge in [-0.15, -0.1) is 0 Å². The molecule has 2 atom stereocenters. The summed E-state index contributed by atoms with van der Waals surface area (Å²) in [6, 6.07) is 8.06. The molecule has 0 aromatic heterocycles. The fourth-order valence-electron chi connectivity index (χ4n) is 4.58. The van der Waals surface area contributed by atoms with Gasteiger partial charge in [-0.05, 0) is 26.3 Å². The lowest BCUT2D eigenvalue weighted by atomic mass is 9.62. The van der Waals surface area contributed by atoms with Crippen molar-refractivity contribution in [3.05, 3.63) is 41.3 Å². The van der Waals surface area contributed by atoms with Crippen LogP contribution in [0.15, 0.2) is 40.8 Å². The number of para-hydroxylation sites is 1. The molecule has 24 heavy (non-hydrogen) atoms. The molecule has 1 spiro atoms. The maximum atomic E-state index is 12.6. The third kappa shape index (κ3) is 1.81. The number of carbonyl (C=O) groups excluding carboxylic acids is 1. The molecule has 4 rings (SSSR count). The van der Waals surface area contributed by atoms with Crippen molar-refractivity contribution in [2.24, 2.45) is 10.4 Å². The Hall–Kier alpha value is -2.30. The zero-order valence-corrected chi connectivity index (χ0v) is 14.5. The van der Waals surface area contributed by atoms with Crippen molar-refractivity contribution in [3.8, 4) is 0 Å². The van der Waals surface area contributed by atoms with Gasteiger partial charge in [0.2, 0.25) is 11.5 Å². The van der Waals surface area contributed by atoms with Gasteiger partial charge in [0.15, 0.2) is 5.76 Å². The molecule has 1 aliphatic carbocycles. The van der Waals surface area contributed by atoms with Crippen LogP contribution in [0.1, 0.15) is 32.3 Å². The van der Waals surface area contributed by atoms with E-state index in [1.807, 2.05) is 18.2 Å². The summed E-state index contributed by atoms with van der Waals surface area (Å²) in [5.74, 6) is 0.916. The third-order valence-corrected chi connectivity index (χ3v) is 5.32. The number of carbonyl (C=O) groups is 1. The van der Waals surface area contributed by atoms with E-state index in [0.29, 0.717) is 17.9 Å². The van der Waals surface area contributed by atoms with Crippen molar-refractivity contribution in [3.63, 3.8) is 0 Å². The molecule has 5 nitrogen and oxygen atoms in total. The Morgan fingerprint density at radius 3 is 2.67 bits per heavy atom. The van der Waals surface area contributed by atoms with E-state index < -0.39 is 5.41 Å². The Labute approximate surface area is 141 Å². The molecule has 0 unspecified atom stereocenters. The number of methoxy groups -OCH3 is 2. The van der Waals surface area contributed by atoms with Crippen LogP contribution in [-0.2, 0) is 14.3 Å². The summed E-state index contributed by atoms with van der Waals surface area (Å²) in [4.78, 5) is 17.6. The Kier molecular flexibility index (Phi) is 3.08. The molecule has 0 radical (unpaired) electrons. The summed E-state index contributed by atoms with van der Waals surface area (Å²) in [7, 11) is 3.15. The normalized spacial score (nSPS) is 29.9. The van der Waals surface area contributed by atoms with Gasteiger partial charge in [-0.25, -0.2) is 0 Å². The third-order valence-electron chi connectivity index (χ3n) is 5.32. The fourth-order valence-corrected chi connectivity index (χ4v) is 4.58. The number of nitrogens with one attached hydrogen (secondary N) is 1. The molecule has 2 heterocycles. The van der Waals surface area contributed by atoms with Crippen molar-refractivity contribution in [1.29, 1.82) is 0 Å². The largest absolute Gasteiger partial charge is 0.496 e. The number of Topliss-reactive ketones (excluding diaryl/α,β-unsaturated/α-hetero) is 1. The predicted octanol–water partition coefficient (Wildman–Crippen LogP) is 2.92. The zero-order chi connectivity index (χ0) is 17.1. The molecule has 0 amide bonds. The molecule has 0 saturated carbocycles. The number of ketones is 1. The summed E-state index contributed by atoms with van der Waals surface area (Å²) in [5.41, 5.74) is 2.42. The van der Waals surface area contributed by atoms with E-state index in [4.69, 9.17) is 14.5 Å². The monoisotopic (exact) mass is 326 g/mol. The summed E-state index contributed by atoms with van der Waals surface area (Å²) in [6.45, 7) is 4.26. The van der Waals surface area contributed by atoms with Crippen molar-refractivity contribution < 1.29 is 14.3 Å². The number of ether oxygens (including phenoxy) is 2. The number of allylic oxidation sites excluding steroid dienone is 1. The SMILES string of the molecule is COC1=C(OC)[C@@]23CC(C)(C)N=C2c2ccccc2N[C@H]3CC1=O. The highest BCUT2D eigenvalue weighted by molar-refractivity contribution is 6.16. The summed E-state index contributed by atoms with van der Waals surface area (Å²) >= 11 is 0. The summed E-state index contributed by atoms with van der Waals surface area (Å²) in [6.07, 6.45) is 1.16. The van der Waals surface area contributed by atoms with Gasteiger partial charge in [0, 0.05) is 17.7 Å². The molecule has 0 fully saturated rings. The van der Waals surface area contributed by atoms with Crippen LogP contribution in [0.5, 0.6) is 0 Å². The van der Waals surface area contributed by atoms with Gasteiger partial charge < -0.3 is 14.8 Å². The summed E-state index contributed by atoms with van der Waals surface area (Å²) in [5, 5.41) is 3.57. The number of fused-ring (bicyclic) bond motifs is 2. The second-order valence-electron chi connectivity index (χ2n) is 7.36. The highest BCUT2D eigenvalue weighted by Gasteiger charge is 2.61. The second-order valence-corrected chi connectivity index (χ2v) is 7.36. The number of anilines is 1. The molecular weight excluding hydrogens is 304 g/mol. The Bertz CT molecular complexity index is 794. The highest BCUT2D eigenvalue weighted by Crippen LogP contribution is 2.56. The van der Waals surface area contributed by atoms with Gasteiger partial charge in [0.1, 0.15) is 0 Å². The van der Waals surface area contributed by atoms with Gasteiger partial charge >= 0.3 is 0 Å². The van der Waals surface area contributed by atoms with Crippen LogP contribution < -0.4 is 5.32 Å². The maximum absolute atomic E-state index is 12.6. The van der Waals surface area contributed by atoms with Crippen LogP contribution in [-0.4, -0.2) is 37.3 Å². The van der Waals surface area contributed by atoms with Crippen LogP contribution in [0.4, 0.5) is 5.69 Å². The van der Waals surface area contributed by atoms with Crippen LogP contribution in [0.3, 0.4) is 0 Å². The van der Waals surface area contributed by atoms with Gasteiger partial charge in [0.25, 0.3) is 0 Å². The number of benzene rings is 1. The zero-order valence-electron chi connectivity index (χ0n) is 14.5. The van der Waals surface area contributed by atoms with Crippen molar-refractivity contribution in [2.75, 3.05) is 19.5 Å². The second kappa shape index (κ2) is 4.85. The molecule has 3 aliphatic rings. The van der Waals surface area contributed by atoms with Crippen molar-refractivity contribution in [2.45, 2.75) is 38.3 Å². The van der Waals surface area contributed by atoms with Crippen molar-refractivity contribution in [1.82, 2.24) is 0 Å². The number of hydrogen-bond donors (Lipinski definition) is 1. The first-order valence-electron chi connectivity index (χ1n) is 8.25.